The summed E-state index contributed by atoms with van der Waals surface area (Å²) >= 11 is 0. The van der Waals surface area contributed by atoms with Crippen molar-refractivity contribution >= 4 is 28.1 Å². The Morgan fingerprint density at radius 3 is 2.76 bits per heavy atom. The highest BCUT2D eigenvalue weighted by molar-refractivity contribution is 5.97. The summed E-state index contributed by atoms with van der Waals surface area (Å²) in [6.45, 7) is 3.55. The highest BCUT2D eigenvalue weighted by atomic mass is 16.5. The standard InChI is InChI=1S/C24H27N7O2/c1-4-30-18(10-13-6-8-19(33-3)28-21(13)30)23-27-16-9-15(11-26-22(16)29(23)2)24(32)31-12-14-5-7-17(31)20(14)25/h6,8-11,14,17,20H,4-5,7,12,25H2,1-3H3/t14-,17-,20-/m0/s1. The fourth-order valence-electron chi connectivity index (χ4n) is 5.60. The normalized spacial score (nSPS) is 22.1. The van der Waals surface area contributed by atoms with Gasteiger partial charge in [0.15, 0.2) is 11.5 Å². The average molecular weight is 446 g/mol. The van der Waals surface area contributed by atoms with Crippen molar-refractivity contribution in [2.45, 2.75) is 38.4 Å². The fraction of sp³-hybridized carbons (Fsp3) is 0.417. The molecule has 0 radical (unpaired) electrons. The number of methoxy groups -OCH3 is 1. The molecule has 1 aliphatic carbocycles. The number of carbonyl (C=O) groups is 1. The number of ether oxygens (including phenoxy) is 1. The quantitative estimate of drug-likeness (QED) is 0.518. The molecule has 2 bridgehead atoms. The number of amides is 1. The van der Waals surface area contributed by atoms with Crippen LogP contribution in [0, 0.1) is 5.92 Å². The summed E-state index contributed by atoms with van der Waals surface area (Å²) in [5.41, 5.74) is 10.1. The molecule has 6 rings (SSSR count). The van der Waals surface area contributed by atoms with Crippen LogP contribution in [0.2, 0.25) is 0 Å². The van der Waals surface area contributed by atoms with Gasteiger partial charge >= 0.3 is 0 Å². The van der Waals surface area contributed by atoms with Crippen LogP contribution < -0.4 is 10.5 Å². The molecule has 9 heteroatoms. The van der Waals surface area contributed by atoms with Crippen molar-refractivity contribution in [2.75, 3.05) is 13.7 Å². The van der Waals surface area contributed by atoms with Gasteiger partial charge in [0.1, 0.15) is 11.2 Å². The van der Waals surface area contributed by atoms with E-state index in [0.29, 0.717) is 22.9 Å². The average Bonchev–Trinajstić information content (AvgIpc) is 3.57. The lowest BCUT2D eigenvalue weighted by Crippen LogP contribution is -2.41. The molecule has 1 saturated heterocycles. The second-order valence-electron chi connectivity index (χ2n) is 9.04. The third-order valence-corrected chi connectivity index (χ3v) is 7.34. The third-order valence-electron chi connectivity index (χ3n) is 7.34. The molecule has 1 amide bonds. The number of imidazole rings is 1. The zero-order valence-corrected chi connectivity index (χ0v) is 19.0. The van der Waals surface area contributed by atoms with E-state index < -0.39 is 0 Å². The van der Waals surface area contributed by atoms with E-state index in [0.717, 1.165) is 54.1 Å². The monoisotopic (exact) mass is 445 g/mol. The molecule has 3 atom stereocenters. The van der Waals surface area contributed by atoms with Crippen molar-refractivity contribution < 1.29 is 9.53 Å². The van der Waals surface area contributed by atoms with Crippen molar-refractivity contribution in [3.8, 4) is 17.4 Å². The second kappa shape index (κ2) is 7.28. The van der Waals surface area contributed by atoms with E-state index in [2.05, 4.69) is 27.5 Å². The molecule has 2 fully saturated rings. The third kappa shape index (κ3) is 2.88. The van der Waals surface area contributed by atoms with E-state index in [4.69, 9.17) is 15.5 Å². The summed E-state index contributed by atoms with van der Waals surface area (Å²) in [6.07, 6.45) is 3.76. The van der Waals surface area contributed by atoms with Crippen LogP contribution in [-0.4, -0.2) is 60.6 Å². The molecule has 2 N–H and O–H groups in total. The van der Waals surface area contributed by atoms with E-state index in [1.165, 1.54) is 0 Å². The molecule has 0 unspecified atom stereocenters. The Labute approximate surface area is 191 Å². The summed E-state index contributed by atoms with van der Waals surface area (Å²) < 4.78 is 9.40. The van der Waals surface area contributed by atoms with Gasteiger partial charge in [-0.15, -0.1) is 0 Å². The molecular weight excluding hydrogens is 418 g/mol. The maximum Gasteiger partial charge on any atom is 0.255 e. The van der Waals surface area contributed by atoms with Gasteiger partial charge in [-0.1, -0.05) is 0 Å². The highest BCUT2D eigenvalue weighted by Gasteiger charge is 2.46. The van der Waals surface area contributed by atoms with E-state index in [1.54, 1.807) is 13.3 Å². The first kappa shape index (κ1) is 20.2. The zero-order chi connectivity index (χ0) is 22.9. The van der Waals surface area contributed by atoms with E-state index in [-0.39, 0.29) is 18.0 Å². The molecule has 170 valence electrons. The Morgan fingerprint density at radius 1 is 1.21 bits per heavy atom. The van der Waals surface area contributed by atoms with Gasteiger partial charge in [0.05, 0.1) is 18.4 Å². The Bertz CT molecular complexity index is 1410. The number of hydrogen-bond acceptors (Lipinski definition) is 6. The first-order valence-electron chi connectivity index (χ1n) is 11.4. The van der Waals surface area contributed by atoms with Crippen molar-refractivity contribution in [1.29, 1.82) is 0 Å². The molecule has 5 heterocycles. The number of likely N-dealkylation sites (tertiary alicyclic amines) is 1. The van der Waals surface area contributed by atoms with Gasteiger partial charge in [-0.2, -0.15) is 4.98 Å². The van der Waals surface area contributed by atoms with E-state index >= 15 is 0 Å². The van der Waals surface area contributed by atoms with E-state index in [9.17, 15) is 4.79 Å². The number of fused-ring (bicyclic) bond motifs is 4. The smallest absolute Gasteiger partial charge is 0.255 e. The minimum atomic E-state index is -0.00165. The Kier molecular flexibility index (Phi) is 4.45. The minimum Gasteiger partial charge on any atom is -0.481 e. The number of aryl methyl sites for hydroxylation is 2. The van der Waals surface area contributed by atoms with E-state index in [1.807, 2.05) is 34.7 Å². The molecule has 4 aromatic rings. The van der Waals surface area contributed by atoms with Crippen LogP contribution in [-0.2, 0) is 13.6 Å². The summed E-state index contributed by atoms with van der Waals surface area (Å²) in [6, 6.07) is 8.03. The van der Waals surface area contributed by atoms with Crippen molar-refractivity contribution in [3.63, 3.8) is 0 Å². The van der Waals surface area contributed by atoms with Gasteiger partial charge in [-0.25, -0.2) is 9.97 Å². The van der Waals surface area contributed by atoms with Crippen molar-refractivity contribution in [3.05, 3.63) is 36.0 Å². The van der Waals surface area contributed by atoms with Gasteiger partial charge in [-0.3, -0.25) is 4.79 Å². The second-order valence-corrected chi connectivity index (χ2v) is 9.04. The number of aromatic nitrogens is 5. The first-order chi connectivity index (χ1) is 16.0. The molecule has 4 aromatic heterocycles. The Hall–Kier alpha value is -3.46. The van der Waals surface area contributed by atoms with Crippen molar-refractivity contribution in [1.82, 2.24) is 29.0 Å². The zero-order valence-electron chi connectivity index (χ0n) is 19.0. The fourth-order valence-corrected chi connectivity index (χ4v) is 5.60. The number of pyridine rings is 2. The number of nitrogens with two attached hydrogens (primary N) is 1. The lowest BCUT2D eigenvalue weighted by molar-refractivity contribution is 0.0700. The van der Waals surface area contributed by atoms with Crippen LogP contribution >= 0.6 is 0 Å². The molecule has 0 spiro atoms. The van der Waals surface area contributed by atoms with Gasteiger partial charge in [-0.05, 0) is 43.9 Å². The van der Waals surface area contributed by atoms with Crippen LogP contribution in [0.3, 0.4) is 0 Å². The van der Waals surface area contributed by atoms with Crippen LogP contribution in [0.5, 0.6) is 5.88 Å². The van der Waals surface area contributed by atoms with Crippen LogP contribution in [0.25, 0.3) is 33.7 Å². The minimum absolute atomic E-state index is 0.00165. The highest BCUT2D eigenvalue weighted by Crippen LogP contribution is 2.37. The Morgan fingerprint density at radius 2 is 2.06 bits per heavy atom. The molecule has 9 nitrogen and oxygen atoms in total. The summed E-state index contributed by atoms with van der Waals surface area (Å²) in [7, 11) is 3.56. The van der Waals surface area contributed by atoms with Crippen molar-refractivity contribution in [2.24, 2.45) is 18.7 Å². The van der Waals surface area contributed by atoms with Gasteiger partial charge in [0.2, 0.25) is 5.88 Å². The van der Waals surface area contributed by atoms with Gasteiger partial charge < -0.3 is 24.5 Å². The van der Waals surface area contributed by atoms with Crippen LogP contribution in [0.1, 0.15) is 30.1 Å². The first-order valence-corrected chi connectivity index (χ1v) is 11.4. The SMILES string of the molecule is CCn1c(-c2nc3cc(C(=O)N4C[C@@H]5CC[C@H]4[C@H]5N)cnc3n2C)cc2ccc(OC)nc21. The molecule has 1 aliphatic heterocycles. The van der Waals surface area contributed by atoms with Crippen LogP contribution in [0.4, 0.5) is 0 Å². The number of piperidine rings is 1. The lowest BCUT2D eigenvalue weighted by Gasteiger charge is -2.27. The summed E-state index contributed by atoms with van der Waals surface area (Å²) in [5.74, 6) is 1.77. The summed E-state index contributed by atoms with van der Waals surface area (Å²) in [5, 5.41) is 1.02. The predicted octanol–water partition coefficient (Wildman–Crippen LogP) is 2.58. The van der Waals surface area contributed by atoms with Gasteiger partial charge in [0.25, 0.3) is 5.91 Å². The lowest BCUT2D eigenvalue weighted by atomic mass is 10.1. The molecule has 2 aliphatic rings. The Balaban J connectivity index is 1.41. The molecule has 33 heavy (non-hydrogen) atoms. The predicted molar refractivity (Wildman–Crippen MR) is 125 cm³/mol. The maximum atomic E-state index is 13.2. The number of hydrogen-bond donors (Lipinski definition) is 1. The number of nitrogens with zero attached hydrogens (tertiary/aromatic N) is 6. The summed E-state index contributed by atoms with van der Waals surface area (Å²) in [4.78, 5) is 29.3. The van der Waals surface area contributed by atoms with Gasteiger partial charge in [0, 0.05) is 49.9 Å². The number of carbonyl (C=O) groups excluding carboxylic acids is 1. The number of rotatable bonds is 4. The molecule has 0 aromatic carbocycles. The largest absolute Gasteiger partial charge is 0.481 e. The topological polar surface area (TPSA) is 104 Å². The molecule has 1 saturated carbocycles. The van der Waals surface area contributed by atoms with Crippen LogP contribution in [0.15, 0.2) is 30.5 Å². The maximum absolute atomic E-state index is 13.2. The molecular formula is C24H27N7O2.